The molecule has 1 fully saturated rings. The van der Waals surface area contributed by atoms with Gasteiger partial charge < -0.3 is 20.1 Å². The van der Waals surface area contributed by atoms with Gasteiger partial charge in [0.15, 0.2) is 17.0 Å². The molecule has 7 nitrogen and oxygen atoms in total. The smallest absolute Gasteiger partial charge is 0.229 e. The molecule has 0 saturated carbocycles. The monoisotopic (exact) mass is 385 g/mol. The standard InChI is InChI=1S/C22H23N7/c1-3-7-17(8-4-1)15-29-16-24-19-20(25-18-9-5-2-6-10-18)26-22(27-21(19)29)28-13-11-23-12-14-28/h1-10,16,23H,11-15H2,(H,25,26,27). The Kier molecular flexibility index (Phi) is 4.80. The van der Waals surface area contributed by atoms with Gasteiger partial charge in [0.1, 0.15) is 0 Å². The van der Waals surface area contributed by atoms with Gasteiger partial charge in [-0.05, 0) is 17.7 Å². The van der Waals surface area contributed by atoms with Crippen molar-refractivity contribution in [1.29, 1.82) is 0 Å². The third-order valence-corrected chi connectivity index (χ3v) is 5.08. The maximum absolute atomic E-state index is 4.90. The summed E-state index contributed by atoms with van der Waals surface area (Å²) in [6.45, 7) is 4.38. The first-order valence-electron chi connectivity index (χ1n) is 9.91. The minimum atomic E-state index is 0.722. The molecule has 2 N–H and O–H groups in total. The first-order valence-corrected chi connectivity index (χ1v) is 9.91. The zero-order valence-corrected chi connectivity index (χ0v) is 16.1. The average Bonchev–Trinajstić information content (AvgIpc) is 3.19. The fourth-order valence-corrected chi connectivity index (χ4v) is 3.58. The van der Waals surface area contributed by atoms with Crippen LogP contribution in [0.1, 0.15) is 5.56 Å². The molecule has 29 heavy (non-hydrogen) atoms. The molecule has 0 aliphatic carbocycles. The lowest BCUT2D eigenvalue weighted by molar-refractivity contribution is 0.580. The lowest BCUT2D eigenvalue weighted by Crippen LogP contribution is -2.44. The number of hydrogen-bond donors (Lipinski definition) is 2. The van der Waals surface area contributed by atoms with E-state index in [1.54, 1.807) is 0 Å². The zero-order valence-electron chi connectivity index (χ0n) is 16.1. The van der Waals surface area contributed by atoms with Crippen LogP contribution in [-0.4, -0.2) is 45.7 Å². The summed E-state index contributed by atoms with van der Waals surface area (Å²) in [6, 6.07) is 20.4. The highest BCUT2D eigenvalue weighted by molar-refractivity contribution is 5.86. The highest BCUT2D eigenvalue weighted by atomic mass is 15.3. The molecule has 0 atom stereocenters. The number of nitrogens with zero attached hydrogens (tertiary/aromatic N) is 5. The summed E-state index contributed by atoms with van der Waals surface area (Å²) >= 11 is 0. The second-order valence-electron chi connectivity index (χ2n) is 7.13. The molecule has 0 radical (unpaired) electrons. The van der Waals surface area contributed by atoms with Crippen molar-refractivity contribution in [2.75, 3.05) is 36.4 Å². The number of benzene rings is 2. The second kappa shape index (κ2) is 7.89. The average molecular weight is 385 g/mol. The van der Waals surface area contributed by atoms with Gasteiger partial charge in [0.25, 0.3) is 0 Å². The van der Waals surface area contributed by atoms with Gasteiger partial charge in [0.05, 0.1) is 12.9 Å². The first-order chi connectivity index (χ1) is 14.4. The Labute approximate surface area is 169 Å². The number of fused-ring (bicyclic) bond motifs is 1. The van der Waals surface area contributed by atoms with E-state index in [4.69, 9.17) is 9.97 Å². The van der Waals surface area contributed by atoms with Crippen LogP contribution < -0.4 is 15.5 Å². The van der Waals surface area contributed by atoms with Gasteiger partial charge in [-0.25, -0.2) is 4.98 Å². The van der Waals surface area contributed by atoms with Gasteiger partial charge in [-0.3, -0.25) is 0 Å². The highest BCUT2D eigenvalue weighted by Crippen LogP contribution is 2.26. The largest absolute Gasteiger partial charge is 0.338 e. The normalized spacial score (nSPS) is 14.3. The molecule has 0 spiro atoms. The second-order valence-corrected chi connectivity index (χ2v) is 7.13. The van der Waals surface area contributed by atoms with Gasteiger partial charge in [0, 0.05) is 31.9 Å². The van der Waals surface area contributed by atoms with E-state index < -0.39 is 0 Å². The first kappa shape index (κ1) is 17.6. The van der Waals surface area contributed by atoms with Crippen molar-refractivity contribution in [3.8, 4) is 0 Å². The Morgan fingerprint density at radius 3 is 2.38 bits per heavy atom. The Bertz CT molecular complexity index is 1090. The number of piperazine rings is 1. The predicted octanol–water partition coefficient (Wildman–Crippen LogP) is 3.03. The van der Waals surface area contributed by atoms with Gasteiger partial charge in [0.2, 0.25) is 5.95 Å². The summed E-state index contributed by atoms with van der Waals surface area (Å²) in [6.07, 6.45) is 1.85. The molecule has 0 bridgehead atoms. The van der Waals surface area contributed by atoms with Crippen molar-refractivity contribution in [2.45, 2.75) is 6.54 Å². The van der Waals surface area contributed by atoms with E-state index in [1.807, 2.05) is 42.7 Å². The van der Waals surface area contributed by atoms with Crippen LogP contribution in [0.4, 0.5) is 17.5 Å². The molecule has 0 unspecified atom stereocenters. The van der Waals surface area contributed by atoms with Crippen LogP contribution in [0.15, 0.2) is 67.0 Å². The lowest BCUT2D eigenvalue weighted by Gasteiger charge is -2.27. The van der Waals surface area contributed by atoms with E-state index in [9.17, 15) is 0 Å². The van der Waals surface area contributed by atoms with E-state index in [2.05, 4.69) is 49.4 Å². The van der Waals surface area contributed by atoms with Crippen LogP contribution in [-0.2, 0) is 6.54 Å². The summed E-state index contributed by atoms with van der Waals surface area (Å²) in [4.78, 5) is 16.6. The number of imidazole rings is 1. The van der Waals surface area contributed by atoms with Gasteiger partial charge in [-0.2, -0.15) is 9.97 Å². The molecule has 1 aliphatic heterocycles. The van der Waals surface area contributed by atoms with Crippen molar-refractivity contribution in [2.24, 2.45) is 0 Å². The van der Waals surface area contributed by atoms with Crippen molar-refractivity contribution in [3.05, 3.63) is 72.6 Å². The van der Waals surface area contributed by atoms with Crippen LogP contribution in [0.3, 0.4) is 0 Å². The molecule has 2 aromatic carbocycles. The van der Waals surface area contributed by atoms with Crippen LogP contribution in [0, 0.1) is 0 Å². The van der Waals surface area contributed by atoms with Crippen LogP contribution in [0.5, 0.6) is 0 Å². The molecule has 7 heteroatoms. The van der Waals surface area contributed by atoms with E-state index in [-0.39, 0.29) is 0 Å². The summed E-state index contributed by atoms with van der Waals surface area (Å²) in [5.41, 5.74) is 3.82. The fraction of sp³-hybridized carbons (Fsp3) is 0.227. The van der Waals surface area contributed by atoms with E-state index >= 15 is 0 Å². The summed E-state index contributed by atoms with van der Waals surface area (Å²) in [5.74, 6) is 1.48. The third kappa shape index (κ3) is 3.77. The number of rotatable bonds is 5. The Hall–Kier alpha value is -3.45. The number of hydrogen-bond acceptors (Lipinski definition) is 6. The topological polar surface area (TPSA) is 70.9 Å². The lowest BCUT2D eigenvalue weighted by atomic mass is 10.2. The highest BCUT2D eigenvalue weighted by Gasteiger charge is 2.19. The minimum absolute atomic E-state index is 0.722. The summed E-state index contributed by atoms with van der Waals surface area (Å²) in [7, 11) is 0. The molecule has 5 rings (SSSR count). The number of anilines is 3. The van der Waals surface area contributed by atoms with Crippen molar-refractivity contribution >= 4 is 28.6 Å². The number of para-hydroxylation sites is 1. The maximum atomic E-state index is 4.90. The summed E-state index contributed by atoms with van der Waals surface area (Å²) in [5, 5.41) is 6.82. The van der Waals surface area contributed by atoms with Gasteiger partial charge in [-0.1, -0.05) is 48.5 Å². The van der Waals surface area contributed by atoms with E-state index in [1.165, 1.54) is 5.56 Å². The van der Waals surface area contributed by atoms with E-state index in [0.717, 1.165) is 61.3 Å². The number of aromatic nitrogens is 4. The predicted molar refractivity (Wildman–Crippen MR) is 116 cm³/mol. The van der Waals surface area contributed by atoms with Crippen molar-refractivity contribution < 1.29 is 0 Å². The molecule has 2 aromatic heterocycles. The van der Waals surface area contributed by atoms with Crippen molar-refractivity contribution in [3.63, 3.8) is 0 Å². The van der Waals surface area contributed by atoms with E-state index in [0.29, 0.717) is 0 Å². The van der Waals surface area contributed by atoms with Gasteiger partial charge in [-0.15, -0.1) is 0 Å². The molecule has 146 valence electrons. The summed E-state index contributed by atoms with van der Waals surface area (Å²) < 4.78 is 2.09. The van der Waals surface area contributed by atoms with Crippen LogP contribution >= 0.6 is 0 Å². The van der Waals surface area contributed by atoms with Crippen molar-refractivity contribution in [1.82, 2.24) is 24.8 Å². The minimum Gasteiger partial charge on any atom is -0.338 e. The quantitative estimate of drug-likeness (QED) is 0.550. The Balaban J connectivity index is 1.58. The van der Waals surface area contributed by atoms with Crippen LogP contribution in [0.2, 0.25) is 0 Å². The maximum Gasteiger partial charge on any atom is 0.229 e. The Morgan fingerprint density at radius 1 is 0.897 bits per heavy atom. The molecule has 1 aliphatic rings. The Morgan fingerprint density at radius 2 is 1.62 bits per heavy atom. The van der Waals surface area contributed by atoms with Gasteiger partial charge >= 0.3 is 0 Å². The molecule has 4 aromatic rings. The fourth-order valence-electron chi connectivity index (χ4n) is 3.58. The third-order valence-electron chi connectivity index (χ3n) is 5.08. The SMILES string of the molecule is c1ccc(Cn2cnc3c(Nc4ccccc4)nc(N4CCNCC4)nc32)cc1. The van der Waals surface area contributed by atoms with Crippen LogP contribution in [0.25, 0.3) is 11.2 Å². The molecule has 1 saturated heterocycles. The molecule has 0 amide bonds. The molecular formula is C22H23N7. The molecular weight excluding hydrogens is 362 g/mol. The zero-order chi connectivity index (χ0) is 19.5. The number of nitrogens with one attached hydrogen (secondary N) is 2. The molecule has 3 heterocycles.